The van der Waals surface area contributed by atoms with Crippen molar-refractivity contribution >= 4 is 11.6 Å². The highest BCUT2D eigenvalue weighted by Crippen LogP contribution is 2.41. The van der Waals surface area contributed by atoms with Crippen LogP contribution >= 0.6 is 0 Å². The zero-order valence-electron chi connectivity index (χ0n) is 21.8. The normalized spacial score (nSPS) is 15.5. The first-order valence-electron chi connectivity index (χ1n) is 12.6. The molecular formula is C29H33F2N3O3. The number of likely N-dealkylation sites (tertiary alicyclic amines) is 1. The molecule has 0 unspecified atom stereocenters. The van der Waals surface area contributed by atoms with Gasteiger partial charge in [-0.05, 0) is 30.2 Å². The molecule has 0 bridgehead atoms. The SMILES string of the molecule is CC(C)CN1CC(CC(=O)CC(C)(C)c2ccccn2)(CC(=O)c2cc(-c3ccc(F)cc3F)on2)C1. The monoisotopic (exact) mass is 509 g/mol. The third-order valence-electron chi connectivity index (χ3n) is 6.84. The van der Waals surface area contributed by atoms with Crippen molar-refractivity contribution in [3.63, 3.8) is 0 Å². The fourth-order valence-electron chi connectivity index (χ4n) is 5.32. The topological polar surface area (TPSA) is 76.3 Å². The van der Waals surface area contributed by atoms with Gasteiger partial charge < -0.3 is 9.42 Å². The van der Waals surface area contributed by atoms with E-state index in [1.807, 2.05) is 32.0 Å². The van der Waals surface area contributed by atoms with Crippen LogP contribution in [0.15, 0.2) is 53.2 Å². The minimum absolute atomic E-state index is 0.0290. The summed E-state index contributed by atoms with van der Waals surface area (Å²) in [5, 5.41) is 3.85. The lowest BCUT2D eigenvalue weighted by atomic mass is 9.69. The van der Waals surface area contributed by atoms with E-state index >= 15 is 0 Å². The predicted molar refractivity (Wildman–Crippen MR) is 136 cm³/mol. The number of hydrogen-bond donors (Lipinski definition) is 0. The zero-order chi connectivity index (χ0) is 26.8. The number of aromatic nitrogens is 2. The molecule has 1 aromatic carbocycles. The Kier molecular flexibility index (Phi) is 7.69. The summed E-state index contributed by atoms with van der Waals surface area (Å²) in [6.07, 6.45) is 2.46. The molecule has 0 atom stereocenters. The molecule has 1 saturated heterocycles. The molecule has 8 heteroatoms. The van der Waals surface area contributed by atoms with Crippen molar-refractivity contribution in [2.24, 2.45) is 11.3 Å². The number of pyridine rings is 1. The molecule has 1 fully saturated rings. The second-order valence-corrected chi connectivity index (χ2v) is 11.4. The Bertz CT molecular complexity index is 1260. The molecule has 0 N–H and O–H groups in total. The Labute approximate surface area is 216 Å². The average Bonchev–Trinajstić information content (AvgIpc) is 3.28. The molecule has 0 radical (unpaired) electrons. The fraction of sp³-hybridized carbons (Fsp3) is 0.448. The van der Waals surface area contributed by atoms with Gasteiger partial charge in [0.15, 0.2) is 11.5 Å². The van der Waals surface area contributed by atoms with Crippen LogP contribution in [0.25, 0.3) is 11.3 Å². The Hall–Kier alpha value is -3.26. The van der Waals surface area contributed by atoms with E-state index in [4.69, 9.17) is 4.52 Å². The van der Waals surface area contributed by atoms with Gasteiger partial charge in [0, 0.05) is 73.8 Å². The van der Waals surface area contributed by atoms with Crippen LogP contribution in [0.3, 0.4) is 0 Å². The summed E-state index contributed by atoms with van der Waals surface area (Å²) in [6, 6.07) is 10.2. The van der Waals surface area contributed by atoms with Crippen molar-refractivity contribution in [3.05, 3.63) is 71.7 Å². The Morgan fingerprint density at radius 2 is 1.86 bits per heavy atom. The van der Waals surface area contributed by atoms with Crippen molar-refractivity contribution < 1.29 is 22.9 Å². The summed E-state index contributed by atoms with van der Waals surface area (Å²) < 4.78 is 32.6. The molecule has 3 heterocycles. The summed E-state index contributed by atoms with van der Waals surface area (Å²) >= 11 is 0. The number of ketones is 2. The number of Topliss-reactive ketones (excluding diaryl/α,β-unsaturated/α-hetero) is 2. The van der Waals surface area contributed by atoms with Gasteiger partial charge in [-0.3, -0.25) is 14.6 Å². The second-order valence-electron chi connectivity index (χ2n) is 11.4. The van der Waals surface area contributed by atoms with Crippen molar-refractivity contribution in [2.75, 3.05) is 19.6 Å². The van der Waals surface area contributed by atoms with Crippen LogP contribution in [-0.2, 0) is 10.2 Å². The largest absolute Gasteiger partial charge is 0.355 e. The average molecular weight is 510 g/mol. The van der Waals surface area contributed by atoms with Gasteiger partial charge in [-0.15, -0.1) is 0 Å². The molecule has 1 aliphatic rings. The van der Waals surface area contributed by atoms with E-state index in [2.05, 4.69) is 28.9 Å². The zero-order valence-corrected chi connectivity index (χ0v) is 21.8. The number of benzene rings is 1. The minimum Gasteiger partial charge on any atom is -0.355 e. The highest BCUT2D eigenvalue weighted by Gasteiger charge is 2.46. The smallest absolute Gasteiger partial charge is 0.185 e. The lowest BCUT2D eigenvalue weighted by molar-refractivity contribution is -0.126. The Morgan fingerprint density at radius 3 is 2.51 bits per heavy atom. The van der Waals surface area contributed by atoms with E-state index < -0.39 is 22.5 Å². The first-order chi connectivity index (χ1) is 17.5. The molecule has 1 aliphatic heterocycles. The number of carbonyl (C=O) groups is 2. The van der Waals surface area contributed by atoms with Gasteiger partial charge in [-0.25, -0.2) is 8.78 Å². The number of hydrogen-bond acceptors (Lipinski definition) is 6. The Morgan fingerprint density at radius 1 is 1.11 bits per heavy atom. The lowest BCUT2D eigenvalue weighted by Gasteiger charge is -2.50. The van der Waals surface area contributed by atoms with E-state index in [0.29, 0.717) is 25.4 Å². The van der Waals surface area contributed by atoms with Crippen molar-refractivity contribution in [3.8, 4) is 11.3 Å². The number of nitrogens with zero attached hydrogens (tertiary/aromatic N) is 3. The van der Waals surface area contributed by atoms with Gasteiger partial charge in [0.2, 0.25) is 0 Å². The predicted octanol–water partition coefficient (Wildman–Crippen LogP) is 5.87. The molecule has 37 heavy (non-hydrogen) atoms. The summed E-state index contributed by atoms with van der Waals surface area (Å²) in [6.45, 7) is 10.5. The number of carbonyl (C=O) groups excluding carboxylic acids is 2. The van der Waals surface area contributed by atoms with Gasteiger partial charge in [-0.1, -0.05) is 38.9 Å². The molecule has 0 saturated carbocycles. The van der Waals surface area contributed by atoms with Crippen LogP contribution in [-0.4, -0.2) is 46.2 Å². The quantitative estimate of drug-likeness (QED) is 0.301. The molecule has 196 valence electrons. The molecule has 6 nitrogen and oxygen atoms in total. The minimum atomic E-state index is -0.795. The maximum Gasteiger partial charge on any atom is 0.185 e. The van der Waals surface area contributed by atoms with Gasteiger partial charge in [0.1, 0.15) is 23.1 Å². The lowest BCUT2D eigenvalue weighted by Crippen LogP contribution is -2.58. The van der Waals surface area contributed by atoms with E-state index in [9.17, 15) is 18.4 Å². The third kappa shape index (κ3) is 6.36. The highest BCUT2D eigenvalue weighted by molar-refractivity contribution is 5.96. The van der Waals surface area contributed by atoms with Gasteiger partial charge >= 0.3 is 0 Å². The fourth-order valence-corrected chi connectivity index (χ4v) is 5.32. The van der Waals surface area contributed by atoms with Crippen LogP contribution in [0.4, 0.5) is 8.78 Å². The number of rotatable bonds is 11. The summed E-state index contributed by atoms with van der Waals surface area (Å²) in [5.74, 6) is -1.16. The van der Waals surface area contributed by atoms with E-state index in [-0.39, 0.29) is 41.4 Å². The van der Waals surface area contributed by atoms with Crippen LogP contribution < -0.4 is 0 Å². The summed E-state index contributed by atoms with van der Waals surface area (Å²) in [5.41, 5.74) is 0.0314. The maximum absolute atomic E-state index is 14.2. The summed E-state index contributed by atoms with van der Waals surface area (Å²) in [7, 11) is 0. The van der Waals surface area contributed by atoms with Crippen molar-refractivity contribution in [1.29, 1.82) is 0 Å². The number of halogens is 2. The Balaban J connectivity index is 1.48. The van der Waals surface area contributed by atoms with Crippen molar-refractivity contribution in [2.45, 2.75) is 52.4 Å². The molecule has 0 aliphatic carbocycles. The summed E-state index contributed by atoms with van der Waals surface area (Å²) in [4.78, 5) is 33.2. The third-order valence-corrected chi connectivity index (χ3v) is 6.84. The van der Waals surface area contributed by atoms with Crippen LogP contribution in [0.1, 0.15) is 63.1 Å². The molecule has 0 amide bonds. The van der Waals surface area contributed by atoms with E-state index in [1.165, 1.54) is 12.1 Å². The first-order valence-corrected chi connectivity index (χ1v) is 12.6. The first kappa shape index (κ1) is 26.8. The van der Waals surface area contributed by atoms with E-state index in [1.54, 1.807) is 6.20 Å². The van der Waals surface area contributed by atoms with Gasteiger partial charge in [-0.2, -0.15) is 0 Å². The van der Waals surface area contributed by atoms with Crippen molar-refractivity contribution in [1.82, 2.24) is 15.0 Å². The molecule has 2 aromatic heterocycles. The molecule has 3 aromatic rings. The second kappa shape index (κ2) is 10.6. The molecular weight excluding hydrogens is 476 g/mol. The van der Waals surface area contributed by atoms with Crippen LogP contribution in [0.5, 0.6) is 0 Å². The molecule has 4 rings (SSSR count). The van der Waals surface area contributed by atoms with E-state index in [0.717, 1.165) is 24.4 Å². The van der Waals surface area contributed by atoms with Gasteiger partial charge in [0.05, 0.1) is 5.56 Å². The molecule has 0 spiro atoms. The van der Waals surface area contributed by atoms with Crippen LogP contribution in [0, 0.1) is 23.0 Å². The maximum atomic E-state index is 14.2. The standard InChI is InChI=1S/C29H33F2N3O3/c1-19(2)16-34-17-29(18-34,14-21(35)13-28(3,4)27-7-5-6-10-32-27)15-25(36)24-12-26(37-33-24)22-9-8-20(30)11-23(22)31/h5-12,19H,13-18H2,1-4H3. The highest BCUT2D eigenvalue weighted by atomic mass is 19.1. The van der Waals surface area contributed by atoms with Gasteiger partial charge in [0.25, 0.3) is 0 Å². The van der Waals surface area contributed by atoms with Crippen LogP contribution in [0.2, 0.25) is 0 Å².